The lowest BCUT2D eigenvalue weighted by molar-refractivity contribution is 0.0219. The zero-order valence-electron chi connectivity index (χ0n) is 7.78. The maximum absolute atomic E-state index is 9.78. The lowest BCUT2D eigenvalue weighted by atomic mass is 9.93. The highest BCUT2D eigenvalue weighted by molar-refractivity contribution is 5.03. The molecule has 0 bridgehead atoms. The van der Waals surface area contributed by atoms with Gasteiger partial charge in [-0.15, -0.1) is 0 Å². The zero-order chi connectivity index (χ0) is 8.88. The third-order valence-corrected chi connectivity index (χ3v) is 3.41. The van der Waals surface area contributed by atoms with Crippen molar-refractivity contribution in [3.8, 4) is 0 Å². The fourth-order valence-corrected chi connectivity index (χ4v) is 2.49. The molecular weight excluding hydrogens is 154 g/mol. The Kier molecular flexibility index (Phi) is 1.88. The molecule has 2 saturated heterocycles. The van der Waals surface area contributed by atoms with Gasteiger partial charge in [0.1, 0.15) is 6.23 Å². The lowest BCUT2D eigenvalue weighted by Gasteiger charge is -2.23. The average Bonchev–Trinajstić information content (AvgIpc) is 2.51. The number of nitrogens with zero attached hydrogens (tertiary/aromatic N) is 1. The Morgan fingerprint density at radius 2 is 1.92 bits per heavy atom. The first-order chi connectivity index (χ1) is 5.63. The van der Waals surface area contributed by atoms with Crippen molar-refractivity contribution in [2.24, 2.45) is 5.92 Å². The smallest absolute Gasteiger partial charge is 0.124 e. The SMILES string of the molecule is CC1NNC2C1C(C)N(C)C2O. The average molecular weight is 171 g/mol. The monoisotopic (exact) mass is 171 g/mol. The molecule has 0 aromatic rings. The number of rotatable bonds is 0. The van der Waals surface area contributed by atoms with Crippen LogP contribution in [0.5, 0.6) is 0 Å². The zero-order valence-corrected chi connectivity index (χ0v) is 7.78. The highest BCUT2D eigenvalue weighted by atomic mass is 16.3. The van der Waals surface area contributed by atoms with Crippen LogP contribution < -0.4 is 10.9 Å². The second-order valence-corrected chi connectivity index (χ2v) is 4.00. The molecule has 5 atom stereocenters. The Bertz CT molecular complexity index is 187. The highest BCUT2D eigenvalue weighted by Gasteiger charge is 2.49. The molecule has 0 aromatic heterocycles. The Balaban J connectivity index is 2.20. The molecule has 2 rings (SSSR count). The maximum atomic E-state index is 9.78. The molecular formula is C8H17N3O. The van der Waals surface area contributed by atoms with Crippen LogP contribution in [0.15, 0.2) is 0 Å². The fourth-order valence-electron chi connectivity index (χ4n) is 2.49. The largest absolute Gasteiger partial charge is 0.377 e. The molecule has 3 N–H and O–H groups in total. The van der Waals surface area contributed by atoms with Gasteiger partial charge in [0, 0.05) is 18.0 Å². The maximum Gasteiger partial charge on any atom is 0.124 e. The standard InChI is InChI=1S/C8H17N3O/c1-4-6-5(2)11(3)8(12)7(6)10-9-4/h4-10,12H,1-3H3. The van der Waals surface area contributed by atoms with Crippen LogP contribution in [0.3, 0.4) is 0 Å². The summed E-state index contributed by atoms with van der Waals surface area (Å²) in [5.74, 6) is 0.519. The van der Waals surface area contributed by atoms with E-state index in [2.05, 4.69) is 24.7 Å². The van der Waals surface area contributed by atoms with Crippen molar-refractivity contribution in [3.63, 3.8) is 0 Å². The molecule has 2 aliphatic heterocycles. The molecule has 0 saturated carbocycles. The van der Waals surface area contributed by atoms with Crippen LogP contribution in [-0.2, 0) is 0 Å². The van der Waals surface area contributed by atoms with E-state index >= 15 is 0 Å². The summed E-state index contributed by atoms with van der Waals surface area (Å²) in [4.78, 5) is 2.03. The topological polar surface area (TPSA) is 47.5 Å². The molecule has 2 aliphatic rings. The first-order valence-corrected chi connectivity index (χ1v) is 4.54. The molecule has 4 nitrogen and oxygen atoms in total. The van der Waals surface area contributed by atoms with Crippen molar-refractivity contribution in [1.82, 2.24) is 15.8 Å². The van der Waals surface area contributed by atoms with Gasteiger partial charge in [0.25, 0.3) is 0 Å². The molecule has 12 heavy (non-hydrogen) atoms. The second kappa shape index (κ2) is 2.67. The van der Waals surface area contributed by atoms with Crippen molar-refractivity contribution < 1.29 is 5.11 Å². The molecule has 0 amide bonds. The molecule has 0 aliphatic carbocycles. The van der Waals surface area contributed by atoms with Gasteiger partial charge in [0.15, 0.2) is 0 Å². The summed E-state index contributed by atoms with van der Waals surface area (Å²) in [5.41, 5.74) is 6.30. The van der Waals surface area contributed by atoms with Crippen LogP contribution in [0.4, 0.5) is 0 Å². The number of aliphatic hydroxyl groups excluding tert-OH is 1. The van der Waals surface area contributed by atoms with Crippen LogP contribution in [0.25, 0.3) is 0 Å². The molecule has 2 heterocycles. The van der Waals surface area contributed by atoms with Gasteiger partial charge in [-0.25, -0.2) is 0 Å². The van der Waals surface area contributed by atoms with Crippen molar-refractivity contribution in [2.75, 3.05) is 7.05 Å². The van der Waals surface area contributed by atoms with Crippen LogP contribution >= 0.6 is 0 Å². The van der Waals surface area contributed by atoms with Crippen molar-refractivity contribution in [2.45, 2.75) is 38.2 Å². The van der Waals surface area contributed by atoms with Gasteiger partial charge in [-0.1, -0.05) is 0 Å². The minimum absolute atomic E-state index is 0.194. The summed E-state index contributed by atoms with van der Waals surface area (Å²) < 4.78 is 0. The number of aliphatic hydroxyl groups is 1. The van der Waals surface area contributed by atoms with Crippen molar-refractivity contribution in [3.05, 3.63) is 0 Å². The fraction of sp³-hybridized carbons (Fsp3) is 1.00. The number of nitrogens with one attached hydrogen (secondary N) is 2. The summed E-state index contributed by atoms with van der Waals surface area (Å²) in [7, 11) is 1.97. The molecule has 70 valence electrons. The molecule has 4 heteroatoms. The van der Waals surface area contributed by atoms with Gasteiger partial charge in [-0.3, -0.25) is 15.8 Å². The Hall–Kier alpha value is -0.160. The highest BCUT2D eigenvalue weighted by Crippen LogP contribution is 2.32. The van der Waals surface area contributed by atoms with E-state index < -0.39 is 0 Å². The predicted octanol–water partition coefficient (Wildman–Crippen LogP) is -0.880. The van der Waals surface area contributed by atoms with Gasteiger partial charge in [0.2, 0.25) is 0 Å². The predicted molar refractivity (Wildman–Crippen MR) is 46.2 cm³/mol. The number of fused-ring (bicyclic) bond motifs is 1. The van der Waals surface area contributed by atoms with Crippen LogP contribution in [0.2, 0.25) is 0 Å². The number of likely N-dealkylation sites (tertiary alicyclic amines) is 1. The third-order valence-electron chi connectivity index (χ3n) is 3.41. The van der Waals surface area contributed by atoms with Gasteiger partial charge in [-0.05, 0) is 20.9 Å². The molecule has 0 spiro atoms. The number of likely N-dealkylation sites (N-methyl/N-ethyl adjacent to an activating group) is 1. The van der Waals surface area contributed by atoms with E-state index in [0.717, 1.165) is 0 Å². The minimum atomic E-state index is -0.345. The summed E-state index contributed by atoms with van der Waals surface area (Å²) in [6, 6.07) is 1.09. The van der Waals surface area contributed by atoms with Gasteiger partial charge in [0.05, 0.1) is 6.04 Å². The summed E-state index contributed by atoms with van der Waals surface area (Å²) >= 11 is 0. The normalized spacial score (nSPS) is 54.5. The molecule has 5 unspecified atom stereocenters. The number of hydrogen-bond acceptors (Lipinski definition) is 4. The first kappa shape index (κ1) is 8.44. The summed E-state index contributed by atoms with van der Waals surface area (Å²) in [6.07, 6.45) is -0.345. The van der Waals surface area contributed by atoms with Gasteiger partial charge >= 0.3 is 0 Å². The van der Waals surface area contributed by atoms with Crippen LogP contribution in [0.1, 0.15) is 13.8 Å². The first-order valence-electron chi connectivity index (χ1n) is 4.54. The lowest BCUT2D eigenvalue weighted by Crippen LogP contribution is -2.44. The molecule has 0 aromatic carbocycles. The Morgan fingerprint density at radius 3 is 2.50 bits per heavy atom. The number of hydrazine groups is 1. The van der Waals surface area contributed by atoms with E-state index in [1.165, 1.54) is 0 Å². The van der Waals surface area contributed by atoms with E-state index in [0.29, 0.717) is 18.0 Å². The van der Waals surface area contributed by atoms with Crippen molar-refractivity contribution >= 4 is 0 Å². The Morgan fingerprint density at radius 1 is 1.25 bits per heavy atom. The van der Waals surface area contributed by atoms with E-state index in [9.17, 15) is 5.11 Å². The van der Waals surface area contributed by atoms with Gasteiger partial charge < -0.3 is 5.11 Å². The summed E-state index contributed by atoms with van der Waals surface area (Å²) in [6.45, 7) is 4.32. The minimum Gasteiger partial charge on any atom is -0.377 e. The third kappa shape index (κ3) is 0.925. The van der Waals surface area contributed by atoms with Crippen LogP contribution in [-0.4, -0.2) is 41.4 Å². The van der Waals surface area contributed by atoms with Crippen LogP contribution in [0, 0.1) is 5.92 Å². The quantitative estimate of drug-likeness (QED) is 0.443. The van der Waals surface area contributed by atoms with Crippen molar-refractivity contribution in [1.29, 1.82) is 0 Å². The molecule has 2 fully saturated rings. The van der Waals surface area contributed by atoms with E-state index in [-0.39, 0.29) is 12.3 Å². The molecule has 0 radical (unpaired) electrons. The van der Waals surface area contributed by atoms with E-state index in [1.54, 1.807) is 0 Å². The van der Waals surface area contributed by atoms with E-state index in [4.69, 9.17) is 0 Å². The second-order valence-electron chi connectivity index (χ2n) is 4.00. The summed E-state index contributed by atoms with van der Waals surface area (Å²) in [5, 5.41) is 9.78. The number of hydrogen-bond donors (Lipinski definition) is 3. The van der Waals surface area contributed by atoms with E-state index in [1.807, 2.05) is 11.9 Å². The Labute approximate surface area is 72.9 Å². The van der Waals surface area contributed by atoms with Gasteiger partial charge in [-0.2, -0.15) is 0 Å².